The van der Waals surface area contributed by atoms with Crippen molar-refractivity contribution in [3.05, 3.63) is 74.9 Å². The van der Waals surface area contributed by atoms with Crippen LogP contribution in [0, 0.1) is 0 Å². The van der Waals surface area contributed by atoms with Crippen molar-refractivity contribution < 1.29 is 9.53 Å². The number of hydrogen-bond donors (Lipinski definition) is 1. The van der Waals surface area contributed by atoms with Crippen LogP contribution in [0.2, 0.25) is 15.1 Å². The summed E-state index contributed by atoms with van der Waals surface area (Å²) >= 11 is 17.9. The first-order valence-electron chi connectivity index (χ1n) is 7.58. The van der Waals surface area contributed by atoms with E-state index >= 15 is 0 Å². The van der Waals surface area contributed by atoms with E-state index in [1.165, 1.54) is 7.11 Å². The first-order chi connectivity index (χ1) is 12.5. The third-order valence-corrected chi connectivity index (χ3v) is 4.59. The lowest BCUT2D eigenvalue weighted by atomic mass is 10.2. The predicted octanol–water partition coefficient (Wildman–Crippen LogP) is 5.15. The number of aromatic nitrogens is 2. The monoisotopic (exact) mass is 409 g/mol. The van der Waals surface area contributed by atoms with Gasteiger partial charge in [-0.1, -0.05) is 40.9 Å². The zero-order valence-electron chi connectivity index (χ0n) is 13.7. The Morgan fingerprint density at radius 2 is 1.92 bits per heavy atom. The van der Waals surface area contributed by atoms with Crippen molar-refractivity contribution in [1.29, 1.82) is 0 Å². The first-order valence-corrected chi connectivity index (χ1v) is 8.72. The SMILES string of the molecule is COc1ccc(Cl)cc1C(=O)Nc1ccn(Cc2ccc(Cl)c(Cl)c2)n1. The predicted molar refractivity (Wildman–Crippen MR) is 104 cm³/mol. The second-order valence-electron chi connectivity index (χ2n) is 5.45. The molecule has 0 saturated heterocycles. The maximum Gasteiger partial charge on any atom is 0.260 e. The standard InChI is InChI=1S/C18H14Cl3N3O2/c1-26-16-5-3-12(19)9-13(16)18(25)22-17-6-7-24(23-17)10-11-2-4-14(20)15(21)8-11/h2-9H,10H2,1H3,(H,22,23,25). The molecule has 0 atom stereocenters. The molecule has 0 aliphatic carbocycles. The van der Waals surface area contributed by atoms with E-state index in [2.05, 4.69) is 10.4 Å². The molecular formula is C18H14Cl3N3O2. The molecule has 3 rings (SSSR count). The van der Waals surface area contributed by atoms with E-state index in [4.69, 9.17) is 39.5 Å². The van der Waals surface area contributed by atoms with Gasteiger partial charge in [0.2, 0.25) is 0 Å². The van der Waals surface area contributed by atoms with Crippen molar-refractivity contribution in [2.45, 2.75) is 6.54 Å². The van der Waals surface area contributed by atoms with Gasteiger partial charge in [0.05, 0.1) is 29.3 Å². The molecule has 5 nitrogen and oxygen atoms in total. The average molecular weight is 411 g/mol. The summed E-state index contributed by atoms with van der Waals surface area (Å²) in [5.74, 6) is 0.489. The van der Waals surface area contributed by atoms with Crippen molar-refractivity contribution in [1.82, 2.24) is 9.78 Å². The number of halogens is 3. The number of hydrogen-bond acceptors (Lipinski definition) is 3. The van der Waals surface area contributed by atoms with E-state index < -0.39 is 0 Å². The lowest BCUT2D eigenvalue weighted by Crippen LogP contribution is -2.14. The molecule has 134 valence electrons. The van der Waals surface area contributed by atoms with E-state index in [1.54, 1.807) is 47.3 Å². The Kier molecular flexibility index (Phi) is 5.71. The molecule has 0 fully saturated rings. The molecule has 2 aromatic carbocycles. The maximum atomic E-state index is 12.5. The van der Waals surface area contributed by atoms with Crippen LogP contribution in [0.5, 0.6) is 5.75 Å². The van der Waals surface area contributed by atoms with Crippen LogP contribution < -0.4 is 10.1 Å². The zero-order valence-corrected chi connectivity index (χ0v) is 15.9. The number of ether oxygens (including phenoxy) is 1. The summed E-state index contributed by atoms with van der Waals surface area (Å²) < 4.78 is 6.88. The number of benzene rings is 2. The smallest absolute Gasteiger partial charge is 0.260 e. The van der Waals surface area contributed by atoms with Crippen molar-refractivity contribution in [2.24, 2.45) is 0 Å². The van der Waals surface area contributed by atoms with Crippen molar-refractivity contribution >= 4 is 46.5 Å². The fourth-order valence-electron chi connectivity index (χ4n) is 2.38. The minimum absolute atomic E-state index is 0.332. The fraction of sp³-hybridized carbons (Fsp3) is 0.111. The Morgan fingerprint density at radius 3 is 2.65 bits per heavy atom. The maximum absolute atomic E-state index is 12.5. The lowest BCUT2D eigenvalue weighted by Gasteiger charge is -2.08. The van der Waals surface area contributed by atoms with E-state index in [-0.39, 0.29) is 5.91 Å². The quantitative estimate of drug-likeness (QED) is 0.632. The molecule has 26 heavy (non-hydrogen) atoms. The third-order valence-electron chi connectivity index (χ3n) is 3.62. The lowest BCUT2D eigenvalue weighted by molar-refractivity contribution is 0.102. The molecular weight excluding hydrogens is 397 g/mol. The second kappa shape index (κ2) is 7.99. The highest BCUT2D eigenvalue weighted by molar-refractivity contribution is 6.42. The largest absolute Gasteiger partial charge is 0.496 e. The number of amides is 1. The van der Waals surface area contributed by atoms with E-state index in [0.29, 0.717) is 38.7 Å². The topological polar surface area (TPSA) is 56.1 Å². The molecule has 8 heteroatoms. The highest BCUT2D eigenvalue weighted by Gasteiger charge is 2.14. The van der Waals surface area contributed by atoms with Crippen LogP contribution in [0.3, 0.4) is 0 Å². The van der Waals surface area contributed by atoms with Gasteiger partial charge in [0, 0.05) is 17.3 Å². The van der Waals surface area contributed by atoms with Gasteiger partial charge >= 0.3 is 0 Å². The van der Waals surface area contributed by atoms with Gasteiger partial charge in [0.15, 0.2) is 5.82 Å². The van der Waals surface area contributed by atoms with Gasteiger partial charge in [0.25, 0.3) is 5.91 Å². The Morgan fingerprint density at radius 1 is 1.12 bits per heavy atom. The average Bonchev–Trinajstić information content (AvgIpc) is 3.05. The Bertz CT molecular complexity index is 957. The fourth-order valence-corrected chi connectivity index (χ4v) is 2.88. The number of nitrogens with zero attached hydrogens (tertiary/aromatic N) is 2. The van der Waals surface area contributed by atoms with Gasteiger partial charge < -0.3 is 10.1 Å². The number of carbonyl (C=O) groups excluding carboxylic acids is 1. The summed E-state index contributed by atoms with van der Waals surface area (Å²) in [6.45, 7) is 0.493. The Hall–Kier alpha value is -2.21. The summed E-state index contributed by atoms with van der Waals surface area (Å²) in [5.41, 5.74) is 1.27. The van der Waals surface area contributed by atoms with Crippen LogP contribution in [0.1, 0.15) is 15.9 Å². The van der Waals surface area contributed by atoms with E-state index in [1.807, 2.05) is 6.07 Å². The van der Waals surface area contributed by atoms with E-state index in [9.17, 15) is 4.79 Å². The van der Waals surface area contributed by atoms with Gasteiger partial charge in [-0.3, -0.25) is 9.48 Å². The number of methoxy groups -OCH3 is 1. The number of nitrogens with one attached hydrogen (secondary N) is 1. The van der Waals surface area contributed by atoms with Crippen LogP contribution >= 0.6 is 34.8 Å². The van der Waals surface area contributed by atoms with E-state index in [0.717, 1.165) is 5.56 Å². The molecule has 0 spiro atoms. The highest BCUT2D eigenvalue weighted by atomic mass is 35.5. The molecule has 0 aliphatic heterocycles. The molecule has 1 N–H and O–H groups in total. The summed E-state index contributed by atoms with van der Waals surface area (Å²) in [6, 6.07) is 11.9. The van der Waals surface area contributed by atoms with Crippen LogP contribution in [-0.4, -0.2) is 22.8 Å². The molecule has 0 unspecified atom stereocenters. The Balaban J connectivity index is 1.73. The number of anilines is 1. The first kappa shape index (κ1) is 18.6. The molecule has 0 radical (unpaired) electrons. The van der Waals surface area contributed by atoms with Gasteiger partial charge in [-0.2, -0.15) is 5.10 Å². The van der Waals surface area contributed by atoms with Gasteiger partial charge in [-0.05, 0) is 35.9 Å². The molecule has 0 aliphatic rings. The Labute approximate surface area is 165 Å². The molecule has 1 amide bonds. The summed E-state index contributed by atoms with van der Waals surface area (Å²) in [6.07, 6.45) is 1.76. The minimum atomic E-state index is -0.357. The zero-order chi connectivity index (χ0) is 18.7. The van der Waals surface area contributed by atoms with Crippen LogP contribution in [-0.2, 0) is 6.54 Å². The number of rotatable bonds is 5. The third kappa shape index (κ3) is 4.30. The minimum Gasteiger partial charge on any atom is -0.496 e. The molecule has 0 bridgehead atoms. The van der Waals surface area contributed by atoms with Gasteiger partial charge in [-0.25, -0.2) is 0 Å². The van der Waals surface area contributed by atoms with Crippen molar-refractivity contribution in [3.63, 3.8) is 0 Å². The highest BCUT2D eigenvalue weighted by Crippen LogP contribution is 2.24. The second-order valence-corrected chi connectivity index (χ2v) is 6.70. The van der Waals surface area contributed by atoms with Crippen LogP contribution in [0.4, 0.5) is 5.82 Å². The van der Waals surface area contributed by atoms with Crippen LogP contribution in [0.15, 0.2) is 48.7 Å². The van der Waals surface area contributed by atoms with Crippen molar-refractivity contribution in [2.75, 3.05) is 12.4 Å². The summed E-state index contributed by atoms with van der Waals surface area (Å²) in [7, 11) is 1.49. The summed E-state index contributed by atoms with van der Waals surface area (Å²) in [4.78, 5) is 12.5. The van der Waals surface area contributed by atoms with Crippen molar-refractivity contribution in [3.8, 4) is 5.75 Å². The summed E-state index contributed by atoms with van der Waals surface area (Å²) in [5, 5.41) is 8.49. The van der Waals surface area contributed by atoms with Crippen LogP contribution in [0.25, 0.3) is 0 Å². The molecule has 0 saturated carbocycles. The molecule has 3 aromatic rings. The normalized spacial score (nSPS) is 10.6. The number of carbonyl (C=O) groups is 1. The molecule has 1 aromatic heterocycles. The molecule has 1 heterocycles. The van der Waals surface area contributed by atoms with Gasteiger partial charge in [0.1, 0.15) is 5.75 Å². The van der Waals surface area contributed by atoms with Gasteiger partial charge in [-0.15, -0.1) is 0 Å².